The fourth-order valence-electron chi connectivity index (χ4n) is 2.43. The lowest BCUT2D eigenvalue weighted by molar-refractivity contribution is 0.0651. The van der Waals surface area contributed by atoms with Crippen molar-refractivity contribution >= 4 is 17.5 Å². The highest BCUT2D eigenvalue weighted by atomic mass is 19.1. The first kappa shape index (κ1) is 15.2. The minimum atomic E-state index is -0.574. The third-order valence-corrected chi connectivity index (χ3v) is 3.99. The van der Waals surface area contributed by atoms with Crippen molar-refractivity contribution in [3.05, 3.63) is 65.0 Å². The third-order valence-electron chi connectivity index (χ3n) is 3.99. The van der Waals surface area contributed by atoms with Gasteiger partial charge in [0.05, 0.1) is 5.56 Å². The highest BCUT2D eigenvalue weighted by Crippen LogP contribution is 2.21. The van der Waals surface area contributed by atoms with Gasteiger partial charge in [0.15, 0.2) is 0 Å². The van der Waals surface area contributed by atoms with E-state index >= 15 is 0 Å². The zero-order chi connectivity index (χ0) is 16.4. The molecule has 2 amide bonds. The molecule has 4 nitrogen and oxygen atoms in total. The minimum absolute atomic E-state index is 0.0219. The molecular formula is C18H17FN2O2. The summed E-state index contributed by atoms with van der Waals surface area (Å²) in [5, 5.41) is 2.69. The number of anilines is 1. The summed E-state index contributed by atoms with van der Waals surface area (Å²) in [4.78, 5) is 26.2. The predicted octanol–water partition coefficient (Wildman–Crippen LogP) is 3.23. The topological polar surface area (TPSA) is 49.4 Å². The van der Waals surface area contributed by atoms with Gasteiger partial charge in [-0.05, 0) is 43.2 Å². The molecule has 0 saturated carbocycles. The maximum atomic E-state index is 13.7. The van der Waals surface area contributed by atoms with Gasteiger partial charge in [-0.3, -0.25) is 9.59 Å². The molecule has 1 N–H and O–H groups in total. The smallest absolute Gasteiger partial charge is 0.258 e. The summed E-state index contributed by atoms with van der Waals surface area (Å²) in [6.07, 6.45) is 1.02. The molecule has 0 bridgehead atoms. The van der Waals surface area contributed by atoms with E-state index in [9.17, 15) is 14.0 Å². The van der Waals surface area contributed by atoms with Crippen LogP contribution in [0.25, 0.3) is 0 Å². The maximum absolute atomic E-state index is 13.7. The van der Waals surface area contributed by atoms with Crippen molar-refractivity contribution < 1.29 is 14.0 Å². The largest absolute Gasteiger partial charge is 0.339 e. The Morgan fingerprint density at radius 2 is 1.87 bits per heavy atom. The summed E-state index contributed by atoms with van der Waals surface area (Å²) >= 11 is 0. The van der Waals surface area contributed by atoms with Gasteiger partial charge in [-0.15, -0.1) is 0 Å². The number of carbonyl (C=O) groups excluding carboxylic acids is 2. The first-order valence-corrected chi connectivity index (χ1v) is 7.52. The normalized spacial score (nSPS) is 13.4. The van der Waals surface area contributed by atoms with Crippen LogP contribution in [0, 0.1) is 12.7 Å². The van der Waals surface area contributed by atoms with Crippen molar-refractivity contribution in [3.8, 4) is 0 Å². The second-order valence-corrected chi connectivity index (χ2v) is 5.61. The van der Waals surface area contributed by atoms with E-state index in [0.29, 0.717) is 11.3 Å². The number of hydrogen-bond donors (Lipinski definition) is 1. The molecule has 0 unspecified atom stereocenters. The fourth-order valence-corrected chi connectivity index (χ4v) is 2.43. The van der Waals surface area contributed by atoms with E-state index in [1.165, 1.54) is 18.2 Å². The number of hydrogen-bond acceptors (Lipinski definition) is 2. The Morgan fingerprint density at radius 1 is 1.13 bits per heavy atom. The van der Waals surface area contributed by atoms with Crippen LogP contribution in [-0.2, 0) is 0 Å². The van der Waals surface area contributed by atoms with Crippen molar-refractivity contribution in [1.29, 1.82) is 0 Å². The lowest BCUT2D eigenvalue weighted by Gasteiger charge is -2.31. The molecule has 0 aliphatic carbocycles. The predicted molar refractivity (Wildman–Crippen MR) is 86.1 cm³/mol. The summed E-state index contributed by atoms with van der Waals surface area (Å²) in [6.45, 7) is 3.36. The van der Waals surface area contributed by atoms with Crippen molar-refractivity contribution in [2.45, 2.75) is 13.3 Å². The quantitative estimate of drug-likeness (QED) is 0.946. The molecule has 1 heterocycles. The second-order valence-electron chi connectivity index (χ2n) is 5.61. The average molecular weight is 312 g/mol. The number of halogens is 1. The van der Waals surface area contributed by atoms with Crippen molar-refractivity contribution in [2.24, 2.45) is 0 Å². The van der Waals surface area contributed by atoms with Gasteiger partial charge in [0.1, 0.15) is 5.82 Å². The Bertz CT molecular complexity index is 769. The summed E-state index contributed by atoms with van der Waals surface area (Å²) in [6, 6.07) is 11.0. The molecular weight excluding hydrogens is 295 g/mol. The minimum Gasteiger partial charge on any atom is -0.339 e. The molecule has 0 spiro atoms. The zero-order valence-corrected chi connectivity index (χ0v) is 12.8. The molecule has 2 aromatic rings. The molecule has 5 heteroatoms. The van der Waals surface area contributed by atoms with Crippen LogP contribution < -0.4 is 5.32 Å². The Morgan fingerprint density at radius 3 is 2.52 bits per heavy atom. The van der Waals surface area contributed by atoms with Gasteiger partial charge < -0.3 is 10.2 Å². The van der Waals surface area contributed by atoms with E-state index in [1.807, 2.05) is 6.92 Å². The SMILES string of the molecule is Cc1ccc(C(=O)N2CCC2)cc1NC(=O)c1ccccc1F. The molecule has 118 valence electrons. The third kappa shape index (κ3) is 3.08. The molecule has 1 fully saturated rings. The van der Waals surface area contributed by atoms with Gasteiger partial charge in [-0.1, -0.05) is 18.2 Å². The maximum Gasteiger partial charge on any atom is 0.258 e. The Labute approximate surface area is 133 Å². The summed E-state index contributed by atoms with van der Waals surface area (Å²) in [5.41, 5.74) is 1.84. The number of amides is 2. The molecule has 1 aliphatic rings. The van der Waals surface area contributed by atoms with E-state index in [2.05, 4.69) is 5.32 Å². The van der Waals surface area contributed by atoms with Gasteiger partial charge in [0, 0.05) is 24.3 Å². The summed E-state index contributed by atoms with van der Waals surface area (Å²) in [7, 11) is 0. The number of carbonyl (C=O) groups is 2. The number of rotatable bonds is 3. The standard InChI is InChI=1S/C18H17FN2O2/c1-12-7-8-13(18(23)21-9-4-10-21)11-16(12)20-17(22)14-5-2-3-6-15(14)19/h2-3,5-8,11H,4,9-10H2,1H3,(H,20,22). The first-order chi connectivity index (χ1) is 11.1. The van der Waals surface area contributed by atoms with E-state index in [4.69, 9.17) is 0 Å². The van der Waals surface area contributed by atoms with Crippen LogP contribution in [0.2, 0.25) is 0 Å². The monoisotopic (exact) mass is 312 g/mol. The molecule has 0 radical (unpaired) electrons. The molecule has 2 aromatic carbocycles. The summed E-state index contributed by atoms with van der Waals surface area (Å²) < 4.78 is 13.7. The number of nitrogens with zero attached hydrogens (tertiary/aromatic N) is 1. The van der Waals surface area contributed by atoms with E-state index < -0.39 is 11.7 Å². The van der Waals surface area contributed by atoms with Crippen LogP contribution in [0.4, 0.5) is 10.1 Å². The molecule has 1 saturated heterocycles. The van der Waals surface area contributed by atoms with Crippen molar-refractivity contribution in [3.63, 3.8) is 0 Å². The van der Waals surface area contributed by atoms with Gasteiger partial charge in [-0.2, -0.15) is 0 Å². The number of nitrogens with one attached hydrogen (secondary N) is 1. The van der Waals surface area contributed by atoms with Crippen molar-refractivity contribution in [2.75, 3.05) is 18.4 Å². The molecule has 0 aromatic heterocycles. The van der Waals surface area contributed by atoms with E-state index in [-0.39, 0.29) is 11.5 Å². The Hall–Kier alpha value is -2.69. The van der Waals surface area contributed by atoms with E-state index in [0.717, 1.165) is 25.1 Å². The zero-order valence-electron chi connectivity index (χ0n) is 12.8. The Balaban J connectivity index is 1.83. The van der Waals surface area contributed by atoms with Crippen LogP contribution in [0.3, 0.4) is 0 Å². The highest BCUT2D eigenvalue weighted by Gasteiger charge is 2.22. The average Bonchev–Trinajstić information content (AvgIpc) is 2.48. The number of likely N-dealkylation sites (tertiary alicyclic amines) is 1. The van der Waals surface area contributed by atoms with Gasteiger partial charge >= 0.3 is 0 Å². The number of benzene rings is 2. The highest BCUT2D eigenvalue weighted by molar-refractivity contribution is 6.05. The van der Waals surface area contributed by atoms with Crippen molar-refractivity contribution in [1.82, 2.24) is 4.90 Å². The lowest BCUT2D eigenvalue weighted by Crippen LogP contribution is -2.42. The van der Waals surface area contributed by atoms with Crippen LogP contribution in [0.1, 0.15) is 32.7 Å². The molecule has 0 atom stereocenters. The van der Waals surface area contributed by atoms with E-state index in [1.54, 1.807) is 29.2 Å². The van der Waals surface area contributed by atoms with Crippen LogP contribution in [0.15, 0.2) is 42.5 Å². The van der Waals surface area contributed by atoms with Gasteiger partial charge in [0.25, 0.3) is 11.8 Å². The van der Waals surface area contributed by atoms with Crippen LogP contribution >= 0.6 is 0 Å². The first-order valence-electron chi connectivity index (χ1n) is 7.52. The molecule has 23 heavy (non-hydrogen) atoms. The molecule has 1 aliphatic heterocycles. The van der Waals surface area contributed by atoms with Gasteiger partial charge in [-0.25, -0.2) is 4.39 Å². The van der Waals surface area contributed by atoms with Gasteiger partial charge in [0.2, 0.25) is 0 Å². The number of aryl methyl sites for hydroxylation is 1. The fraction of sp³-hybridized carbons (Fsp3) is 0.222. The Kier molecular flexibility index (Phi) is 4.10. The van der Waals surface area contributed by atoms with Crippen LogP contribution in [0.5, 0.6) is 0 Å². The summed E-state index contributed by atoms with van der Waals surface area (Å²) in [5.74, 6) is -1.15. The lowest BCUT2D eigenvalue weighted by atomic mass is 10.1. The van der Waals surface area contributed by atoms with Crippen LogP contribution in [-0.4, -0.2) is 29.8 Å². The second kappa shape index (κ2) is 6.20. The molecule has 3 rings (SSSR count).